The van der Waals surface area contributed by atoms with Crippen LogP contribution in [0.25, 0.3) is 11.0 Å². The Morgan fingerprint density at radius 2 is 1.67 bits per heavy atom. The molecule has 1 saturated heterocycles. The molecule has 196 valence electrons. The molecule has 0 unspecified atom stereocenters. The van der Waals surface area contributed by atoms with Crippen molar-refractivity contribution in [3.63, 3.8) is 0 Å². The van der Waals surface area contributed by atoms with Gasteiger partial charge in [-0.05, 0) is 80.8 Å². The van der Waals surface area contributed by atoms with Crippen molar-refractivity contribution in [1.82, 2.24) is 19.4 Å². The Labute approximate surface area is 215 Å². The monoisotopic (exact) mass is 516 g/mol. The second-order valence-corrected chi connectivity index (χ2v) is 12.3. The van der Waals surface area contributed by atoms with Crippen molar-refractivity contribution in [3.05, 3.63) is 38.9 Å². The average molecular weight is 517 g/mol. The first-order valence-electron chi connectivity index (χ1n) is 13.6. The second-order valence-electron chi connectivity index (χ2n) is 11.1. The lowest BCUT2D eigenvalue weighted by Crippen LogP contribution is -2.46. The van der Waals surface area contributed by atoms with E-state index in [-0.39, 0.29) is 40.8 Å². The summed E-state index contributed by atoms with van der Waals surface area (Å²) >= 11 is 1.86. The number of thioether (sulfide) groups is 1. The van der Waals surface area contributed by atoms with Gasteiger partial charge in [-0.3, -0.25) is 18.7 Å². The van der Waals surface area contributed by atoms with Crippen LogP contribution in [-0.2, 0) is 4.79 Å². The first-order chi connectivity index (χ1) is 17.4. The Morgan fingerprint density at radius 3 is 2.36 bits per heavy atom. The van der Waals surface area contributed by atoms with Gasteiger partial charge in [0.25, 0.3) is 5.56 Å². The molecule has 3 aliphatic rings. The quantitative estimate of drug-likeness (QED) is 0.629. The van der Waals surface area contributed by atoms with Crippen molar-refractivity contribution >= 4 is 28.7 Å². The molecule has 0 atom stereocenters. The normalized spacial score (nSPS) is 27.7. The molecule has 9 heteroatoms. The summed E-state index contributed by atoms with van der Waals surface area (Å²) in [4.78, 5) is 44.0. The van der Waals surface area contributed by atoms with E-state index in [1.807, 2.05) is 11.8 Å². The lowest BCUT2D eigenvalue weighted by atomic mass is 9.81. The molecule has 3 fully saturated rings. The van der Waals surface area contributed by atoms with E-state index in [9.17, 15) is 18.8 Å². The van der Waals surface area contributed by atoms with Gasteiger partial charge >= 0.3 is 5.69 Å². The van der Waals surface area contributed by atoms with Crippen LogP contribution in [0.15, 0.2) is 21.9 Å². The molecule has 2 saturated carbocycles. The predicted octanol–water partition coefficient (Wildman–Crippen LogP) is 4.58. The van der Waals surface area contributed by atoms with Crippen molar-refractivity contribution in [2.24, 2.45) is 11.8 Å². The minimum Gasteiger partial charge on any atom is -0.353 e. The third-order valence-electron chi connectivity index (χ3n) is 8.52. The zero-order valence-corrected chi connectivity index (χ0v) is 21.9. The molecule has 0 bridgehead atoms. The van der Waals surface area contributed by atoms with Crippen LogP contribution in [-0.4, -0.2) is 37.6 Å². The maximum Gasteiger partial charge on any atom is 0.333 e. The third kappa shape index (κ3) is 5.41. The summed E-state index contributed by atoms with van der Waals surface area (Å²) in [5, 5.41) is 3.38. The van der Waals surface area contributed by atoms with Crippen LogP contribution in [0.4, 0.5) is 4.39 Å². The van der Waals surface area contributed by atoms with E-state index in [1.165, 1.54) is 23.5 Å². The number of carbonyl (C=O) groups excluding carboxylic acids is 1. The Morgan fingerprint density at radius 1 is 1.00 bits per heavy atom. The molecule has 36 heavy (non-hydrogen) atoms. The Kier molecular flexibility index (Phi) is 7.84. The van der Waals surface area contributed by atoms with Crippen molar-refractivity contribution in [2.75, 3.05) is 11.5 Å². The highest BCUT2D eigenvalue weighted by Crippen LogP contribution is 2.32. The third-order valence-corrected chi connectivity index (χ3v) is 9.56. The Hall–Kier alpha value is -2.16. The van der Waals surface area contributed by atoms with E-state index in [0.717, 1.165) is 62.1 Å². The largest absolute Gasteiger partial charge is 0.353 e. The topological polar surface area (TPSA) is 86.0 Å². The zero-order valence-electron chi connectivity index (χ0n) is 21.1. The summed E-state index contributed by atoms with van der Waals surface area (Å²) < 4.78 is 17.1. The molecule has 0 aromatic carbocycles. The molecule has 5 rings (SSSR count). The number of hydrogen-bond acceptors (Lipinski definition) is 5. The molecular weight excluding hydrogens is 479 g/mol. The molecule has 3 heterocycles. The summed E-state index contributed by atoms with van der Waals surface area (Å²) in [5.41, 5.74) is -0.498. The van der Waals surface area contributed by atoms with Crippen LogP contribution < -0.4 is 16.6 Å². The lowest BCUT2D eigenvalue weighted by Gasteiger charge is -2.32. The highest BCUT2D eigenvalue weighted by atomic mass is 32.2. The maximum atomic E-state index is 14.1. The summed E-state index contributed by atoms with van der Waals surface area (Å²) in [6.45, 7) is 2.28. The number of rotatable bonds is 5. The average Bonchev–Trinajstić information content (AvgIpc) is 2.87. The number of nitrogens with zero attached hydrogens (tertiary/aromatic N) is 3. The van der Waals surface area contributed by atoms with E-state index in [1.54, 1.807) is 4.57 Å². The van der Waals surface area contributed by atoms with Gasteiger partial charge < -0.3 is 5.32 Å². The highest BCUT2D eigenvalue weighted by molar-refractivity contribution is 7.99. The smallest absolute Gasteiger partial charge is 0.333 e. The van der Waals surface area contributed by atoms with Gasteiger partial charge in [0, 0.05) is 24.5 Å². The molecule has 2 aliphatic carbocycles. The molecule has 7 nitrogen and oxygen atoms in total. The zero-order chi connectivity index (χ0) is 25.2. The Balaban J connectivity index is 1.32. The maximum absolute atomic E-state index is 14.1. The number of pyridine rings is 1. The minimum absolute atomic E-state index is 0.0375. The number of nitrogens with one attached hydrogen (secondary N) is 1. The molecule has 0 radical (unpaired) electrons. The van der Waals surface area contributed by atoms with E-state index in [4.69, 9.17) is 0 Å². The minimum atomic E-state index is -0.575. The number of halogens is 1. The standard InChI is InChI=1S/C27H37FN4O3S/c1-17-2-4-18(5-3-17)14-24(33)30-20-6-8-21(9-7-20)32-26(34)23-15-19(28)16-29-25(23)31(27(32)35)22-10-12-36-13-11-22/h15-18,20-22H,2-14H2,1H3,(H,30,33). The van der Waals surface area contributed by atoms with Crippen LogP contribution in [0.2, 0.25) is 0 Å². The van der Waals surface area contributed by atoms with E-state index >= 15 is 0 Å². The molecule has 2 aromatic rings. The van der Waals surface area contributed by atoms with Gasteiger partial charge in [0.2, 0.25) is 5.91 Å². The SMILES string of the molecule is CC1CCC(CC(=O)NC2CCC(n3c(=O)c4cc(F)cnc4n(C4CCSCC4)c3=O)CC2)CC1. The molecule has 1 amide bonds. The number of hydrogen-bond donors (Lipinski definition) is 1. The summed E-state index contributed by atoms with van der Waals surface area (Å²) in [7, 11) is 0. The summed E-state index contributed by atoms with van der Waals surface area (Å²) in [6.07, 6.45) is 10.7. The van der Waals surface area contributed by atoms with Crippen LogP contribution in [0.3, 0.4) is 0 Å². The molecule has 2 aromatic heterocycles. The first-order valence-corrected chi connectivity index (χ1v) is 14.8. The van der Waals surface area contributed by atoms with E-state index in [2.05, 4.69) is 17.2 Å². The highest BCUT2D eigenvalue weighted by Gasteiger charge is 2.30. The Bertz CT molecular complexity index is 1210. The van der Waals surface area contributed by atoms with Crippen LogP contribution >= 0.6 is 11.8 Å². The number of aromatic nitrogens is 3. The fraction of sp³-hybridized carbons (Fsp3) is 0.704. The van der Waals surface area contributed by atoms with Crippen molar-refractivity contribution in [2.45, 2.75) is 95.7 Å². The van der Waals surface area contributed by atoms with Crippen LogP contribution in [0.5, 0.6) is 0 Å². The molecule has 0 spiro atoms. The number of fused-ring (bicyclic) bond motifs is 1. The van der Waals surface area contributed by atoms with Crippen LogP contribution in [0, 0.1) is 17.7 Å². The van der Waals surface area contributed by atoms with Crippen molar-refractivity contribution in [3.8, 4) is 0 Å². The van der Waals surface area contributed by atoms with E-state index < -0.39 is 11.4 Å². The summed E-state index contributed by atoms with van der Waals surface area (Å²) in [5.74, 6) is 2.70. The molecular formula is C27H37FN4O3S. The van der Waals surface area contributed by atoms with Gasteiger partial charge in [-0.2, -0.15) is 11.8 Å². The van der Waals surface area contributed by atoms with Gasteiger partial charge in [-0.25, -0.2) is 14.2 Å². The van der Waals surface area contributed by atoms with Gasteiger partial charge in [0.15, 0.2) is 0 Å². The first kappa shape index (κ1) is 25.5. The fourth-order valence-corrected chi connectivity index (χ4v) is 7.44. The number of carbonyl (C=O) groups is 1. The van der Waals surface area contributed by atoms with Crippen LogP contribution in [0.1, 0.15) is 89.6 Å². The second kappa shape index (κ2) is 11.1. The number of amides is 1. The van der Waals surface area contributed by atoms with Crippen molar-refractivity contribution in [1.29, 1.82) is 0 Å². The fourth-order valence-electron chi connectivity index (χ4n) is 6.36. The van der Waals surface area contributed by atoms with Gasteiger partial charge in [0.05, 0.1) is 11.6 Å². The predicted molar refractivity (Wildman–Crippen MR) is 141 cm³/mol. The van der Waals surface area contributed by atoms with Gasteiger partial charge in [-0.15, -0.1) is 0 Å². The van der Waals surface area contributed by atoms with Gasteiger partial charge in [0.1, 0.15) is 11.5 Å². The summed E-state index contributed by atoms with van der Waals surface area (Å²) in [6, 6.07) is 0.996. The van der Waals surface area contributed by atoms with Crippen molar-refractivity contribution < 1.29 is 9.18 Å². The van der Waals surface area contributed by atoms with E-state index in [0.29, 0.717) is 25.2 Å². The lowest BCUT2D eigenvalue weighted by molar-refractivity contribution is -0.123. The van der Waals surface area contributed by atoms with Gasteiger partial charge in [-0.1, -0.05) is 19.8 Å². The molecule has 1 aliphatic heterocycles. The molecule has 1 N–H and O–H groups in total.